The molecule has 4 aromatic rings. The lowest BCUT2D eigenvalue weighted by Crippen LogP contribution is -2.49. The quantitative estimate of drug-likeness (QED) is 0.435. The van der Waals surface area contributed by atoms with Gasteiger partial charge in [-0.3, -0.25) is 9.69 Å². The highest BCUT2D eigenvalue weighted by atomic mass is 16.5. The monoisotopic (exact) mass is 499 g/mol. The zero-order valence-electron chi connectivity index (χ0n) is 21.4. The number of aryl methyl sites for hydroxylation is 2. The summed E-state index contributed by atoms with van der Waals surface area (Å²) >= 11 is 0. The molecule has 2 aromatic carbocycles. The molecule has 2 aliphatic heterocycles. The molecular weight excluding hydrogens is 466 g/mol. The van der Waals surface area contributed by atoms with Gasteiger partial charge in [0.15, 0.2) is 5.82 Å². The SMILES string of the molecule is Cc1cc(C)c2cc([C@H](c3nnnn3C[C@@H]3CCCO3)N3CCN(c4ccccc4)CC3)c(=O)[nH]c2c1. The van der Waals surface area contributed by atoms with Crippen LogP contribution in [0.4, 0.5) is 5.69 Å². The van der Waals surface area contributed by atoms with E-state index in [1.54, 1.807) is 0 Å². The number of hydrogen-bond donors (Lipinski definition) is 1. The maximum Gasteiger partial charge on any atom is 0.253 e. The van der Waals surface area contributed by atoms with Crippen molar-refractivity contribution < 1.29 is 4.74 Å². The van der Waals surface area contributed by atoms with Gasteiger partial charge in [-0.2, -0.15) is 0 Å². The van der Waals surface area contributed by atoms with Crippen LogP contribution in [0, 0.1) is 13.8 Å². The first-order valence-electron chi connectivity index (χ1n) is 13.1. The Bertz CT molecular complexity index is 1430. The van der Waals surface area contributed by atoms with E-state index >= 15 is 0 Å². The maximum absolute atomic E-state index is 13.6. The average Bonchev–Trinajstić information content (AvgIpc) is 3.59. The molecule has 2 aliphatic rings. The Balaban J connectivity index is 1.39. The number of para-hydroxylation sites is 1. The average molecular weight is 500 g/mol. The second-order valence-corrected chi connectivity index (χ2v) is 10.2. The number of aromatic nitrogens is 5. The van der Waals surface area contributed by atoms with E-state index in [0.29, 0.717) is 17.9 Å². The van der Waals surface area contributed by atoms with Crippen molar-refractivity contribution in [3.63, 3.8) is 0 Å². The molecule has 2 saturated heterocycles. The topological polar surface area (TPSA) is 92.2 Å². The van der Waals surface area contributed by atoms with E-state index in [1.807, 2.05) is 29.8 Å². The van der Waals surface area contributed by atoms with Crippen LogP contribution in [0.1, 0.15) is 41.4 Å². The van der Waals surface area contributed by atoms with Crippen LogP contribution in [-0.4, -0.2) is 69.0 Å². The largest absolute Gasteiger partial charge is 0.376 e. The van der Waals surface area contributed by atoms with E-state index in [4.69, 9.17) is 4.74 Å². The van der Waals surface area contributed by atoms with Crippen LogP contribution in [0.3, 0.4) is 0 Å². The van der Waals surface area contributed by atoms with Crippen molar-refractivity contribution in [2.45, 2.75) is 45.4 Å². The molecule has 2 aromatic heterocycles. The number of anilines is 1. The molecule has 192 valence electrons. The van der Waals surface area contributed by atoms with E-state index in [1.165, 1.54) is 5.69 Å². The highest BCUT2D eigenvalue weighted by Crippen LogP contribution is 2.30. The molecule has 0 amide bonds. The summed E-state index contributed by atoms with van der Waals surface area (Å²) in [7, 11) is 0. The number of nitrogens with one attached hydrogen (secondary N) is 1. The number of benzene rings is 2. The second kappa shape index (κ2) is 10.1. The number of pyridine rings is 1. The lowest BCUT2D eigenvalue weighted by molar-refractivity contribution is 0.0906. The number of fused-ring (bicyclic) bond motifs is 1. The maximum atomic E-state index is 13.6. The van der Waals surface area contributed by atoms with E-state index in [2.05, 4.69) is 67.6 Å². The van der Waals surface area contributed by atoms with Crippen LogP contribution in [0.2, 0.25) is 0 Å². The molecule has 0 spiro atoms. The summed E-state index contributed by atoms with van der Waals surface area (Å²) < 4.78 is 7.72. The summed E-state index contributed by atoms with van der Waals surface area (Å²) in [6, 6.07) is 16.3. The summed E-state index contributed by atoms with van der Waals surface area (Å²) in [4.78, 5) is 21.5. The number of rotatable bonds is 6. The summed E-state index contributed by atoms with van der Waals surface area (Å²) in [5, 5.41) is 13.9. The lowest BCUT2D eigenvalue weighted by Gasteiger charge is -2.39. The van der Waals surface area contributed by atoms with Gasteiger partial charge in [0, 0.05) is 54.9 Å². The predicted octanol–water partition coefficient (Wildman–Crippen LogP) is 3.22. The minimum absolute atomic E-state index is 0.0953. The summed E-state index contributed by atoms with van der Waals surface area (Å²) in [5.74, 6) is 0.693. The minimum atomic E-state index is -0.358. The number of aromatic amines is 1. The number of H-pyrrole nitrogens is 1. The molecule has 4 heterocycles. The zero-order chi connectivity index (χ0) is 25.4. The van der Waals surface area contributed by atoms with Gasteiger partial charge in [-0.05, 0) is 72.5 Å². The van der Waals surface area contributed by atoms with Crippen molar-refractivity contribution in [2.75, 3.05) is 37.7 Å². The van der Waals surface area contributed by atoms with Gasteiger partial charge in [0.25, 0.3) is 5.56 Å². The van der Waals surface area contributed by atoms with Gasteiger partial charge in [0.1, 0.15) is 6.04 Å². The van der Waals surface area contributed by atoms with E-state index in [9.17, 15) is 4.79 Å². The van der Waals surface area contributed by atoms with Gasteiger partial charge in [0.05, 0.1) is 12.6 Å². The van der Waals surface area contributed by atoms with Crippen LogP contribution in [0.15, 0.2) is 53.3 Å². The zero-order valence-corrected chi connectivity index (χ0v) is 21.4. The highest BCUT2D eigenvalue weighted by molar-refractivity contribution is 5.83. The Hall–Kier alpha value is -3.56. The Kier molecular flexibility index (Phi) is 6.48. The lowest BCUT2D eigenvalue weighted by atomic mass is 9.99. The molecule has 0 saturated carbocycles. The molecule has 2 atom stereocenters. The second-order valence-electron chi connectivity index (χ2n) is 10.2. The van der Waals surface area contributed by atoms with Crippen molar-refractivity contribution in [3.8, 4) is 0 Å². The molecule has 0 radical (unpaired) electrons. The molecular formula is C28H33N7O2. The third kappa shape index (κ3) is 4.76. The molecule has 6 rings (SSSR count). The fourth-order valence-electron chi connectivity index (χ4n) is 5.79. The van der Waals surface area contributed by atoms with Crippen LogP contribution < -0.4 is 10.5 Å². The van der Waals surface area contributed by atoms with Gasteiger partial charge in [-0.25, -0.2) is 4.68 Å². The Morgan fingerprint density at radius 3 is 2.65 bits per heavy atom. The Labute approximate surface area is 216 Å². The van der Waals surface area contributed by atoms with Crippen LogP contribution in [0.5, 0.6) is 0 Å². The molecule has 2 fully saturated rings. The first-order valence-corrected chi connectivity index (χ1v) is 13.1. The van der Waals surface area contributed by atoms with Gasteiger partial charge >= 0.3 is 0 Å². The number of tetrazole rings is 1. The van der Waals surface area contributed by atoms with E-state index in [-0.39, 0.29) is 17.7 Å². The van der Waals surface area contributed by atoms with Gasteiger partial charge in [0.2, 0.25) is 0 Å². The van der Waals surface area contributed by atoms with Crippen LogP contribution in [-0.2, 0) is 11.3 Å². The number of ether oxygens (including phenoxy) is 1. The van der Waals surface area contributed by atoms with Crippen LogP contribution >= 0.6 is 0 Å². The third-order valence-electron chi connectivity index (χ3n) is 7.64. The molecule has 1 N–H and O–H groups in total. The van der Waals surface area contributed by atoms with E-state index in [0.717, 1.165) is 67.7 Å². The number of hydrogen-bond acceptors (Lipinski definition) is 7. The van der Waals surface area contributed by atoms with Crippen LogP contribution in [0.25, 0.3) is 10.9 Å². The van der Waals surface area contributed by atoms with Gasteiger partial charge in [-0.1, -0.05) is 24.3 Å². The first-order chi connectivity index (χ1) is 18.1. The fourth-order valence-corrected chi connectivity index (χ4v) is 5.79. The minimum Gasteiger partial charge on any atom is -0.376 e. The summed E-state index contributed by atoms with van der Waals surface area (Å²) in [6.07, 6.45) is 2.14. The van der Waals surface area contributed by atoms with Gasteiger partial charge < -0.3 is 14.6 Å². The molecule has 9 heteroatoms. The van der Waals surface area contributed by atoms with E-state index < -0.39 is 0 Å². The third-order valence-corrected chi connectivity index (χ3v) is 7.64. The number of nitrogens with zero attached hydrogens (tertiary/aromatic N) is 6. The highest BCUT2D eigenvalue weighted by Gasteiger charge is 2.33. The normalized spacial score (nSPS) is 19.5. The number of piperazine rings is 1. The van der Waals surface area contributed by atoms with Crippen molar-refractivity contribution in [1.82, 2.24) is 30.1 Å². The van der Waals surface area contributed by atoms with Crippen molar-refractivity contribution >= 4 is 16.6 Å². The van der Waals surface area contributed by atoms with Gasteiger partial charge in [-0.15, -0.1) is 5.10 Å². The molecule has 0 bridgehead atoms. The fraction of sp³-hybridized carbons (Fsp3) is 0.429. The standard InChI is InChI=1S/C28H33N7O2/c1-19-15-20(2)23-17-24(28(36)29-25(23)16-19)26(27-30-31-32-35(27)18-22-9-6-14-37-22)34-12-10-33(11-13-34)21-7-4-3-5-8-21/h3-5,7-8,15-17,22,26H,6,9-14,18H2,1-2H3,(H,29,36)/t22-,26+/m0/s1. The molecule has 37 heavy (non-hydrogen) atoms. The van der Waals surface area contributed by atoms with Crippen molar-refractivity contribution in [2.24, 2.45) is 0 Å². The summed E-state index contributed by atoms with van der Waals surface area (Å²) in [5.41, 5.74) is 4.92. The molecule has 9 nitrogen and oxygen atoms in total. The predicted molar refractivity (Wildman–Crippen MR) is 143 cm³/mol. The molecule has 0 unspecified atom stereocenters. The summed E-state index contributed by atoms with van der Waals surface area (Å²) in [6.45, 7) is 8.80. The Morgan fingerprint density at radius 2 is 1.89 bits per heavy atom. The van der Waals surface area contributed by atoms with Crippen molar-refractivity contribution in [1.29, 1.82) is 0 Å². The first kappa shape index (κ1) is 23.8. The smallest absolute Gasteiger partial charge is 0.253 e. The molecule has 0 aliphatic carbocycles. The van der Waals surface area contributed by atoms with Crippen molar-refractivity contribution in [3.05, 3.63) is 81.4 Å². The Morgan fingerprint density at radius 1 is 1.08 bits per heavy atom.